The summed E-state index contributed by atoms with van der Waals surface area (Å²) in [6.07, 6.45) is 5.00. The number of halogens is 1. The molecule has 144 valence electrons. The van der Waals surface area contributed by atoms with E-state index in [0.29, 0.717) is 12.1 Å². The lowest BCUT2D eigenvalue weighted by atomic mass is 9.97. The Labute approximate surface area is 165 Å². The Morgan fingerprint density at radius 3 is 2.37 bits per heavy atom. The van der Waals surface area contributed by atoms with E-state index in [4.69, 9.17) is 0 Å². The summed E-state index contributed by atoms with van der Waals surface area (Å²) in [5.74, 6) is 0.152. The summed E-state index contributed by atoms with van der Waals surface area (Å²) in [6, 6.07) is 11.1. The van der Waals surface area contributed by atoms with Crippen molar-refractivity contribution in [2.75, 3.05) is 25.0 Å². The molecule has 1 aromatic heterocycles. The number of nitrogens with one attached hydrogen (secondary N) is 2. The Morgan fingerprint density at radius 2 is 1.74 bits per heavy atom. The molecular weight excluding hydrogens is 364 g/mol. The van der Waals surface area contributed by atoms with E-state index < -0.39 is 0 Å². The molecule has 0 radical (unpaired) electrons. The van der Waals surface area contributed by atoms with Gasteiger partial charge in [0.25, 0.3) is 5.91 Å². The molecule has 0 unspecified atom stereocenters. The fourth-order valence-corrected chi connectivity index (χ4v) is 3.06. The average molecular weight is 389 g/mol. The first kappa shape index (κ1) is 20.9. The Bertz CT molecular complexity index is 746. The number of carbonyl (C=O) groups is 2. The van der Waals surface area contributed by atoms with Gasteiger partial charge in [-0.25, -0.2) is 0 Å². The van der Waals surface area contributed by atoms with Crippen LogP contribution in [0.5, 0.6) is 0 Å². The number of carbonyl (C=O) groups excluding carboxylic acids is 2. The van der Waals surface area contributed by atoms with Crippen molar-refractivity contribution in [2.45, 2.75) is 19.4 Å². The second-order valence-electron chi connectivity index (χ2n) is 6.51. The van der Waals surface area contributed by atoms with Gasteiger partial charge < -0.3 is 15.5 Å². The number of hydrogen-bond acceptors (Lipinski definition) is 4. The van der Waals surface area contributed by atoms with Crippen molar-refractivity contribution in [3.05, 3.63) is 59.9 Å². The van der Waals surface area contributed by atoms with E-state index in [0.717, 1.165) is 37.2 Å². The number of rotatable bonds is 5. The van der Waals surface area contributed by atoms with Gasteiger partial charge in [0.1, 0.15) is 0 Å². The van der Waals surface area contributed by atoms with Crippen LogP contribution in [-0.2, 0) is 11.3 Å². The van der Waals surface area contributed by atoms with Gasteiger partial charge in [0.15, 0.2) is 0 Å². The molecule has 27 heavy (non-hydrogen) atoms. The van der Waals surface area contributed by atoms with Gasteiger partial charge >= 0.3 is 0 Å². The van der Waals surface area contributed by atoms with Crippen LogP contribution < -0.4 is 15.5 Å². The van der Waals surface area contributed by atoms with E-state index in [9.17, 15) is 9.59 Å². The van der Waals surface area contributed by atoms with Crippen LogP contribution in [0.15, 0.2) is 48.8 Å². The molecule has 6 nitrogen and oxygen atoms in total. The molecule has 2 N–H and O–H groups in total. The van der Waals surface area contributed by atoms with Crippen molar-refractivity contribution in [3.63, 3.8) is 0 Å². The fraction of sp³-hybridized carbons (Fsp3) is 0.350. The highest BCUT2D eigenvalue weighted by Crippen LogP contribution is 2.17. The molecule has 1 saturated heterocycles. The first-order valence-electron chi connectivity index (χ1n) is 8.90. The Kier molecular flexibility index (Phi) is 7.76. The molecule has 7 heteroatoms. The van der Waals surface area contributed by atoms with Crippen LogP contribution in [0.2, 0.25) is 0 Å². The molecule has 2 aromatic rings. The third-order valence-electron chi connectivity index (χ3n) is 4.73. The molecule has 0 atom stereocenters. The maximum atomic E-state index is 12.5. The van der Waals surface area contributed by atoms with E-state index in [1.54, 1.807) is 36.5 Å². The molecule has 0 bridgehead atoms. The van der Waals surface area contributed by atoms with Crippen molar-refractivity contribution in [3.8, 4) is 0 Å². The maximum absolute atomic E-state index is 12.5. The molecule has 1 aliphatic heterocycles. The molecule has 1 aliphatic rings. The number of aromatic nitrogens is 1. The second kappa shape index (κ2) is 10.0. The summed E-state index contributed by atoms with van der Waals surface area (Å²) >= 11 is 0. The minimum atomic E-state index is -0.0839. The van der Waals surface area contributed by atoms with Gasteiger partial charge in [-0.2, -0.15) is 0 Å². The molecule has 1 fully saturated rings. The molecule has 0 saturated carbocycles. The van der Waals surface area contributed by atoms with Crippen molar-refractivity contribution in [1.82, 2.24) is 15.6 Å². The van der Waals surface area contributed by atoms with E-state index in [2.05, 4.69) is 15.6 Å². The van der Waals surface area contributed by atoms with Crippen molar-refractivity contribution >= 4 is 29.9 Å². The zero-order chi connectivity index (χ0) is 18.4. The van der Waals surface area contributed by atoms with Crippen molar-refractivity contribution in [1.29, 1.82) is 0 Å². The van der Waals surface area contributed by atoms with Crippen LogP contribution in [0.1, 0.15) is 28.8 Å². The van der Waals surface area contributed by atoms with Gasteiger partial charge in [-0.3, -0.25) is 14.6 Å². The molecule has 0 spiro atoms. The largest absolute Gasteiger partial charge is 0.352 e. The highest BCUT2D eigenvalue weighted by atomic mass is 35.5. The maximum Gasteiger partial charge on any atom is 0.258 e. The SMILES string of the molecule is CN(C(=O)c1ccncc1)c1ccc(CNC(=O)C2CCNCC2)cc1.Cl. The molecule has 1 aromatic carbocycles. The number of hydrogen-bond donors (Lipinski definition) is 2. The Hall–Kier alpha value is -2.44. The van der Waals surface area contributed by atoms with Crippen LogP contribution in [0.3, 0.4) is 0 Å². The third-order valence-corrected chi connectivity index (χ3v) is 4.73. The molecule has 2 heterocycles. The van der Waals surface area contributed by atoms with Gasteiger partial charge in [0, 0.05) is 43.2 Å². The van der Waals surface area contributed by atoms with Crippen LogP contribution in [0.4, 0.5) is 5.69 Å². The standard InChI is InChI=1S/C20H24N4O2.ClH/c1-24(20(26)17-8-12-22-13-9-17)18-4-2-15(3-5-18)14-23-19(25)16-6-10-21-11-7-16;/h2-5,8-9,12-13,16,21H,6-7,10-11,14H2,1H3,(H,23,25);1H. The number of anilines is 1. The van der Waals surface area contributed by atoms with Crippen molar-refractivity contribution < 1.29 is 9.59 Å². The lowest BCUT2D eigenvalue weighted by molar-refractivity contribution is -0.125. The van der Waals surface area contributed by atoms with Crippen LogP contribution in [0, 0.1) is 5.92 Å². The number of pyridine rings is 1. The monoisotopic (exact) mass is 388 g/mol. The van der Waals surface area contributed by atoms with Gasteiger partial charge in [-0.05, 0) is 55.8 Å². The normalized spacial score (nSPS) is 14.1. The minimum absolute atomic E-state index is 0. The lowest BCUT2D eigenvalue weighted by Gasteiger charge is -2.22. The zero-order valence-corrected chi connectivity index (χ0v) is 16.2. The predicted octanol–water partition coefficient (Wildman–Crippen LogP) is 2.40. The van der Waals surface area contributed by atoms with E-state index in [1.165, 1.54) is 0 Å². The summed E-state index contributed by atoms with van der Waals surface area (Å²) in [4.78, 5) is 30.2. The third kappa shape index (κ3) is 5.52. The first-order valence-corrected chi connectivity index (χ1v) is 8.90. The summed E-state index contributed by atoms with van der Waals surface area (Å²) in [5, 5.41) is 6.28. The van der Waals surface area contributed by atoms with Gasteiger partial charge in [-0.15, -0.1) is 12.4 Å². The van der Waals surface area contributed by atoms with Gasteiger partial charge in [0.05, 0.1) is 0 Å². The summed E-state index contributed by atoms with van der Waals surface area (Å²) in [5.41, 5.74) is 2.42. The van der Waals surface area contributed by atoms with Crippen LogP contribution in [0.25, 0.3) is 0 Å². The minimum Gasteiger partial charge on any atom is -0.352 e. The Balaban J connectivity index is 0.00000261. The van der Waals surface area contributed by atoms with E-state index in [-0.39, 0.29) is 30.1 Å². The lowest BCUT2D eigenvalue weighted by Crippen LogP contribution is -2.37. The molecule has 2 amide bonds. The van der Waals surface area contributed by atoms with Crippen LogP contribution in [-0.4, -0.2) is 36.9 Å². The number of nitrogens with zero attached hydrogens (tertiary/aromatic N) is 2. The predicted molar refractivity (Wildman–Crippen MR) is 108 cm³/mol. The highest BCUT2D eigenvalue weighted by molar-refractivity contribution is 6.05. The Morgan fingerprint density at radius 1 is 1.11 bits per heavy atom. The topological polar surface area (TPSA) is 74.3 Å². The smallest absolute Gasteiger partial charge is 0.258 e. The van der Waals surface area contributed by atoms with Gasteiger partial charge in [-0.1, -0.05) is 12.1 Å². The van der Waals surface area contributed by atoms with E-state index in [1.807, 2.05) is 24.3 Å². The summed E-state index contributed by atoms with van der Waals surface area (Å²) in [6.45, 7) is 2.32. The molecular formula is C20H25ClN4O2. The number of amides is 2. The molecule has 0 aliphatic carbocycles. The van der Waals surface area contributed by atoms with Crippen LogP contribution >= 0.6 is 12.4 Å². The first-order chi connectivity index (χ1) is 12.6. The highest BCUT2D eigenvalue weighted by Gasteiger charge is 2.20. The van der Waals surface area contributed by atoms with Crippen molar-refractivity contribution in [2.24, 2.45) is 5.92 Å². The van der Waals surface area contributed by atoms with E-state index >= 15 is 0 Å². The summed E-state index contributed by atoms with van der Waals surface area (Å²) in [7, 11) is 1.75. The summed E-state index contributed by atoms with van der Waals surface area (Å²) < 4.78 is 0. The second-order valence-corrected chi connectivity index (χ2v) is 6.51. The fourth-order valence-electron chi connectivity index (χ4n) is 3.06. The van der Waals surface area contributed by atoms with Gasteiger partial charge in [0.2, 0.25) is 5.91 Å². The number of piperidine rings is 1. The number of benzene rings is 1. The average Bonchev–Trinajstić information content (AvgIpc) is 2.72. The molecule has 3 rings (SSSR count). The zero-order valence-electron chi connectivity index (χ0n) is 15.4. The quantitative estimate of drug-likeness (QED) is 0.824.